The van der Waals surface area contributed by atoms with Crippen LogP contribution in [0.3, 0.4) is 0 Å². The van der Waals surface area contributed by atoms with Crippen molar-refractivity contribution in [2.75, 3.05) is 24.2 Å². The van der Waals surface area contributed by atoms with Crippen molar-refractivity contribution in [3.05, 3.63) is 64.3 Å². The van der Waals surface area contributed by atoms with Crippen molar-refractivity contribution in [2.24, 2.45) is 0 Å². The van der Waals surface area contributed by atoms with Crippen molar-refractivity contribution in [3.8, 4) is 11.4 Å². The van der Waals surface area contributed by atoms with E-state index in [1.54, 1.807) is 12.4 Å². The number of piperidine rings is 1. The van der Waals surface area contributed by atoms with Crippen molar-refractivity contribution >= 4 is 15.8 Å². The van der Waals surface area contributed by atoms with Gasteiger partial charge in [0.05, 0.1) is 17.2 Å². The first-order chi connectivity index (χ1) is 15.7. The second-order valence-electron chi connectivity index (χ2n) is 7.99. The molecule has 3 aromatic rings. The van der Waals surface area contributed by atoms with Crippen molar-refractivity contribution in [2.45, 2.75) is 37.4 Å². The highest BCUT2D eigenvalue weighted by Gasteiger charge is 2.24. The first-order valence-corrected chi connectivity index (χ1v) is 12.4. The lowest BCUT2D eigenvalue weighted by atomic mass is 10.1. The maximum Gasteiger partial charge on any atom is 0.275 e. The van der Waals surface area contributed by atoms with Crippen molar-refractivity contribution in [3.63, 3.8) is 0 Å². The molecule has 0 spiro atoms. The molecule has 0 unspecified atom stereocenters. The number of anilines is 1. The molecule has 33 heavy (non-hydrogen) atoms. The number of hydrogen-bond donors (Lipinski definition) is 1. The maximum absolute atomic E-state index is 12.7. The van der Waals surface area contributed by atoms with E-state index in [-0.39, 0.29) is 22.4 Å². The molecule has 4 rings (SSSR count). The van der Waals surface area contributed by atoms with Crippen molar-refractivity contribution in [1.82, 2.24) is 19.7 Å². The Morgan fingerprint density at radius 3 is 2.33 bits per heavy atom. The number of nitrogens with zero attached hydrogens (tertiary/aromatic N) is 5. The van der Waals surface area contributed by atoms with E-state index in [9.17, 15) is 18.3 Å². The highest BCUT2D eigenvalue weighted by Crippen LogP contribution is 2.23. The fourth-order valence-corrected chi connectivity index (χ4v) is 4.24. The molecule has 0 saturated carbocycles. The molecule has 0 atom stereocenters. The molecule has 0 amide bonds. The highest BCUT2D eigenvalue weighted by atomic mass is 32.2. The zero-order chi connectivity index (χ0) is 23.6. The van der Waals surface area contributed by atoms with Crippen LogP contribution in [0.25, 0.3) is 5.69 Å². The van der Waals surface area contributed by atoms with Gasteiger partial charge in [-0.3, -0.25) is 4.79 Å². The Bertz CT molecular complexity index is 1280. The summed E-state index contributed by atoms with van der Waals surface area (Å²) in [5, 5.41) is 14.1. The minimum Gasteiger partial charge on any atom is -0.488 e. The van der Waals surface area contributed by atoms with Crippen LogP contribution in [0, 0.1) is 6.92 Å². The normalized spacial score (nSPS) is 14.9. The van der Waals surface area contributed by atoms with Crippen LogP contribution < -0.4 is 15.2 Å². The number of benzene rings is 1. The average molecular weight is 472 g/mol. The molecule has 3 heterocycles. The minimum absolute atomic E-state index is 0.136. The molecule has 0 bridgehead atoms. The molecule has 1 N–H and O–H groups in total. The number of aryl methyl sites for hydroxylation is 1. The summed E-state index contributed by atoms with van der Waals surface area (Å²) in [6, 6.07) is 7.11. The topological polar surface area (TPSA) is 128 Å². The lowest BCUT2D eigenvalue weighted by Gasteiger charge is -2.32. The summed E-state index contributed by atoms with van der Waals surface area (Å²) >= 11 is 0. The van der Waals surface area contributed by atoms with Gasteiger partial charge in [0.25, 0.3) is 5.56 Å². The van der Waals surface area contributed by atoms with E-state index in [2.05, 4.69) is 20.0 Å². The van der Waals surface area contributed by atoms with E-state index >= 15 is 0 Å². The first-order valence-electron chi connectivity index (χ1n) is 10.5. The number of sulfone groups is 1. The SMILES string of the molecule is Cc1cnc(N2CCC(Oc3cc(=O)n(-c4ccc(S(C)(=O)=O)cc4)nc3CO)CC2)nc1. The van der Waals surface area contributed by atoms with Gasteiger partial charge in [0.2, 0.25) is 5.95 Å². The second kappa shape index (κ2) is 9.28. The van der Waals surface area contributed by atoms with Gasteiger partial charge >= 0.3 is 0 Å². The summed E-state index contributed by atoms with van der Waals surface area (Å²) in [6.07, 6.45) is 5.96. The largest absolute Gasteiger partial charge is 0.488 e. The van der Waals surface area contributed by atoms with Gasteiger partial charge in [-0.1, -0.05) is 0 Å². The zero-order valence-electron chi connectivity index (χ0n) is 18.4. The fraction of sp³-hybridized carbons (Fsp3) is 0.364. The summed E-state index contributed by atoms with van der Waals surface area (Å²) in [5.41, 5.74) is 1.17. The van der Waals surface area contributed by atoms with E-state index in [4.69, 9.17) is 4.74 Å². The van der Waals surface area contributed by atoms with Crippen LogP contribution in [0.1, 0.15) is 24.1 Å². The molecule has 2 aromatic heterocycles. The Kier molecular flexibility index (Phi) is 6.43. The molecule has 0 radical (unpaired) electrons. The maximum atomic E-state index is 12.7. The summed E-state index contributed by atoms with van der Waals surface area (Å²) in [4.78, 5) is 23.6. The van der Waals surface area contributed by atoms with Gasteiger partial charge in [-0.15, -0.1) is 0 Å². The molecule has 1 fully saturated rings. The Morgan fingerprint density at radius 1 is 1.12 bits per heavy atom. The quantitative estimate of drug-likeness (QED) is 0.565. The molecule has 1 aliphatic heterocycles. The predicted octanol–water partition coefficient (Wildman–Crippen LogP) is 1.27. The number of aliphatic hydroxyl groups is 1. The third-order valence-corrected chi connectivity index (χ3v) is 6.54. The van der Waals surface area contributed by atoms with Gasteiger partial charge in [0, 0.05) is 50.6 Å². The van der Waals surface area contributed by atoms with Crippen LogP contribution in [0.4, 0.5) is 5.95 Å². The molecule has 11 heteroatoms. The van der Waals surface area contributed by atoms with Crippen molar-refractivity contribution in [1.29, 1.82) is 0 Å². The third kappa shape index (κ3) is 5.20. The molecular weight excluding hydrogens is 446 g/mol. The molecule has 1 saturated heterocycles. The second-order valence-corrected chi connectivity index (χ2v) is 10.0. The minimum atomic E-state index is -3.35. The summed E-state index contributed by atoms with van der Waals surface area (Å²) in [6.45, 7) is 2.95. The molecule has 174 valence electrons. The van der Waals surface area contributed by atoms with E-state index in [1.165, 1.54) is 30.3 Å². The average Bonchev–Trinajstić information content (AvgIpc) is 2.80. The Morgan fingerprint density at radius 2 is 1.76 bits per heavy atom. The molecule has 10 nitrogen and oxygen atoms in total. The van der Waals surface area contributed by atoms with Gasteiger partial charge in [0.15, 0.2) is 15.6 Å². The van der Waals surface area contributed by atoms with E-state index < -0.39 is 22.0 Å². The number of hydrogen-bond acceptors (Lipinski definition) is 9. The number of aromatic nitrogens is 4. The molecule has 1 aromatic carbocycles. The van der Waals surface area contributed by atoms with E-state index in [1.807, 2.05) is 6.92 Å². The Labute approximate surface area is 191 Å². The van der Waals surface area contributed by atoms with Crippen LogP contribution in [-0.4, -0.2) is 58.7 Å². The Balaban J connectivity index is 1.48. The molecular formula is C22H25N5O5S. The van der Waals surface area contributed by atoms with Crippen LogP contribution in [0.5, 0.6) is 5.75 Å². The predicted molar refractivity (Wildman–Crippen MR) is 121 cm³/mol. The third-order valence-electron chi connectivity index (χ3n) is 5.41. The number of aliphatic hydroxyl groups excluding tert-OH is 1. The van der Waals surface area contributed by atoms with Gasteiger partial charge in [-0.05, 0) is 36.8 Å². The lowest BCUT2D eigenvalue weighted by molar-refractivity contribution is 0.161. The van der Waals surface area contributed by atoms with Crippen molar-refractivity contribution < 1.29 is 18.3 Å². The van der Waals surface area contributed by atoms with Gasteiger partial charge in [-0.2, -0.15) is 9.78 Å². The lowest BCUT2D eigenvalue weighted by Crippen LogP contribution is -2.39. The highest BCUT2D eigenvalue weighted by molar-refractivity contribution is 7.90. The van der Waals surface area contributed by atoms with Gasteiger partial charge < -0.3 is 14.7 Å². The standard InChI is InChI=1S/C22H25N5O5S/c1-15-12-23-22(24-13-15)26-9-7-17(8-10-26)32-20-11-21(29)27(25-19(20)14-28)16-3-5-18(6-4-16)33(2,30)31/h3-6,11-13,17,28H,7-10,14H2,1-2H3. The van der Waals surface area contributed by atoms with E-state index in [0.29, 0.717) is 37.6 Å². The zero-order valence-corrected chi connectivity index (χ0v) is 19.2. The molecule has 0 aliphatic carbocycles. The fourth-order valence-electron chi connectivity index (χ4n) is 3.61. The monoisotopic (exact) mass is 471 g/mol. The van der Waals surface area contributed by atoms with Gasteiger partial charge in [-0.25, -0.2) is 18.4 Å². The van der Waals surface area contributed by atoms with Gasteiger partial charge in [0.1, 0.15) is 11.8 Å². The summed E-state index contributed by atoms with van der Waals surface area (Å²) in [5.74, 6) is 0.929. The van der Waals surface area contributed by atoms with Crippen LogP contribution in [-0.2, 0) is 16.4 Å². The van der Waals surface area contributed by atoms with Crippen LogP contribution in [0.2, 0.25) is 0 Å². The van der Waals surface area contributed by atoms with Crippen LogP contribution in [0.15, 0.2) is 52.4 Å². The number of rotatable bonds is 6. The molecule has 1 aliphatic rings. The summed E-state index contributed by atoms with van der Waals surface area (Å²) < 4.78 is 30.5. The van der Waals surface area contributed by atoms with Crippen LogP contribution >= 0.6 is 0 Å². The Hall–Kier alpha value is -3.31. The van der Waals surface area contributed by atoms with E-state index in [0.717, 1.165) is 16.5 Å². The summed E-state index contributed by atoms with van der Waals surface area (Å²) in [7, 11) is -3.35. The first kappa shape index (κ1) is 22.9. The number of ether oxygens (including phenoxy) is 1. The smallest absolute Gasteiger partial charge is 0.275 e.